The molecule has 8 nitrogen and oxygen atoms in total. The summed E-state index contributed by atoms with van der Waals surface area (Å²) in [5, 5.41) is 19.8. The molecule has 2 aromatic heterocycles. The second kappa shape index (κ2) is 6.88. The van der Waals surface area contributed by atoms with Crippen molar-refractivity contribution in [3.05, 3.63) is 35.9 Å². The van der Waals surface area contributed by atoms with Crippen LogP contribution in [-0.2, 0) is 17.9 Å². The van der Waals surface area contributed by atoms with Crippen molar-refractivity contribution in [1.29, 1.82) is 0 Å². The lowest BCUT2D eigenvalue weighted by Crippen LogP contribution is -2.36. The highest BCUT2D eigenvalue weighted by molar-refractivity contribution is 5.92. The van der Waals surface area contributed by atoms with E-state index in [4.69, 9.17) is 5.11 Å². The van der Waals surface area contributed by atoms with E-state index < -0.39 is 5.97 Å². The van der Waals surface area contributed by atoms with Gasteiger partial charge in [-0.05, 0) is 26.0 Å². The fourth-order valence-corrected chi connectivity index (χ4v) is 2.01. The Morgan fingerprint density at radius 2 is 2.00 bits per heavy atom. The molecule has 2 rings (SSSR count). The summed E-state index contributed by atoms with van der Waals surface area (Å²) < 4.78 is 3.22. The molecule has 0 spiro atoms. The number of nitrogens with one attached hydrogen (secondary N) is 1. The molecular formula is C14H19N5O3. The second-order valence-corrected chi connectivity index (χ2v) is 5.16. The Kier molecular flexibility index (Phi) is 4.92. The monoisotopic (exact) mass is 305 g/mol. The van der Waals surface area contributed by atoms with Gasteiger partial charge < -0.3 is 10.4 Å². The Morgan fingerprint density at radius 3 is 2.64 bits per heavy atom. The van der Waals surface area contributed by atoms with Gasteiger partial charge in [-0.1, -0.05) is 0 Å². The normalized spacial score (nSPS) is 12.1. The van der Waals surface area contributed by atoms with Gasteiger partial charge in [0.05, 0.1) is 25.2 Å². The Balaban J connectivity index is 1.87. The number of carboxylic acids is 1. The van der Waals surface area contributed by atoms with Crippen LogP contribution in [0.25, 0.3) is 0 Å². The van der Waals surface area contributed by atoms with Crippen LogP contribution in [0.15, 0.2) is 24.5 Å². The number of aromatic nitrogens is 4. The summed E-state index contributed by atoms with van der Waals surface area (Å²) in [4.78, 5) is 22.6. The van der Waals surface area contributed by atoms with Gasteiger partial charge in [-0.2, -0.15) is 10.2 Å². The first-order valence-corrected chi connectivity index (χ1v) is 7.00. The molecule has 8 heteroatoms. The Morgan fingerprint density at radius 1 is 1.27 bits per heavy atom. The summed E-state index contributed by atoms with van der Waals surface area (Å²) >= 11 is 0. The van der Waals surface area contributed by atoms with Crippen molar-refractivity contribution in [3.63, 3.8) is 0 Å². The van der Waals surface area contributed by atoms with Crippen LogP contribution in [-0.4, -0.2) is 42.6 Å². The molecular weight excluding hydrogens is 286 g/mol. The summed E-state index contributed by atoms with van der Waals surface area (Å²) in [5.41, 5.74) is 1.20. The number of rotatable bonds is 7. The highest BCUT2D eigenvalue weighted by atomic mass is 16.4. The van der Waals surface area contributed by atoms with E-state index in [0.29, 0.717) is 6.54 Å². The lowest BCUT2D eigenvalue weighted by Gasteiger charge is -2.13. The average Bonchev–Trinajstić information content (AvgIpc) is 3.05. The highest BCUT2D eigenvalue weighted by Crippen LogP contribution is 2.00. The average molecular weight is 305 g/mol. The lowest BCUT2D eigenvalue weighted by molar-refractivity contribution is -0.137. The van der Waals surface area contributed by atoms with Crippen LogP contribution in [0.4, 0.5) is 0 Å². The third kappa shape index (κ3) is 4.44. The van der Waals surface area contributed by atoms with Crippen molar-refractivity contribution >= 4 is 11.9 Å². The van der Waals surface area contributed by atoms with Gasteiger partial charge in [0.25, 0.3) is 5.91 Å². The van der Waals surface area contributed by atoms with Gasteiger partial charge in [0.2, 0.25) is 0 Å². The third-order valence-corrected chi connectivity index (χ3v) is 3.04. The molecule has 118 valence electrons. The molecule has 1 amide bonds. The van der Waals surface area contributed by atoms with Crippen LogP contribution in [0, 0.1) is 6.92 Å². The summed E-state index contributed by atoms with van der Waals surface area (Å²) in [6.07, 6.45) is 3.43. The number of carboxylic acid groups (broad SMARTS) is 1. The van der Waals surface area contributed by atoms with E-state index in [0.717, 1.165) is 5.69 Å². The van der Waals surface area contributed by atoms with E-state index in [9.17, 15) is 9.59 Å². The third-order valence-electron chi connectivity index (χ3n) is 3.04. The van der Waals surface area contributed by atoms with Crippen molar-refractivity contribution in [2.24, 2.45) is 0 Å². The molecule has 0 aliphatic heterocycles. The summed E-state index contributed by atoms with van der Waals surface area (Å²) in [6, 6.07) is 3.37. The molecule has 1 unspecified atom stereocenters. The van der Waals surface area contributed by atoms with E-state index in [1.54, 1.807) is 16.9 Å². The van der Waals surface area contributed by atoms with Crippen LogP contribution in [0.3, 0.4) is 0 Å². The maximum Gasteiger partial charge on any atom is 0.305 e. The van der Waals surface area contributed by atoms with Gasteiger partial charge in [-0.3, -0.25) is 19.0 Å². The zero-order valence-corrected chi connectivity index (χ0v) is 12.6. The summed E-state index contributed by atoms with van der Waals surface area (Å²) in [5.74, 6) is -1.19. The van der Waals surface area contributed by atoms with Crippen LogP contribution in [0.1, 0.15) is 29.5 Å². The molecule has 0 aliphatic rings. The van der Waals surface area contributed by atoms with Crippen LogP contribution >= 0.6 is 0 Å². The number of hydrogen-bond acceptors (Lipinski definition) is 4. The van der Waals surface area contributed by atoms with Crippen molar-refractivity contribution in [2.75, 3.05) is 0 Å². The highest BCUT2D eigenvalue weighted by Gasteiger charge is 2.13. The first-order chi connectivity index (χ1) is 10.4. The van der Waals surface area contributed by atoms with Gasteiger partial charge in [-0.25, -0.2) is 0 Å². The fraction of sp³-hybridized carbons (Fsp3) is 0.429. The van der Waals surface area contributed by atoms with Crippen LogP contribution < -0.4 is 5.32 Å². The minimum absolute atomic E-state index is 0.0300. The molecule has 0 fully saturated rings. The van der Waals surface area contributed by atoms with E-state index in [2.05, 4.69) is 15.5 Å². The molecule has 2 heterocycles. The van der Waals surface area contributed by atoms with Gasteiger partial charge in [0.1, 0.15) is 5.69 Å². The van der Waals surface area contributed by atoms with Gasteiger partial charge in [0, 0.05) is 18.4 Å². The SMILES string of the molecule is Cc1ccn(CC(C)NC(=O)c2ccn(CCC(=O)O)n2)n1. The topological polar surface area (TPSA) is 102 Å². The number of aryl methyl sites for hydroxylation is 2. The number of carbonyl (C=O) groups is 2. The minimum Gasteiger partial charge on any atom is -0.481 e. The molecule has 2 N–H and O–H groups in total. The smallest absolute Gasteiger partial charge is 0.305 e. The zero-order valence-electron chi connectivity index (χ0n) is 12.6. The molecule has 0 bridgehead atoms. The Labute approximate surface area is 127 Å². The summed E-state index contributed by atoms with van der Waals surface area (Å²) in [6.45, 7) is 4.60. The van der Waals surface area contributed by atoms with Gasteiger partial charge in [0.15, 0.2) is 0 Å². The molecule has 1 atom stereocenters. The molecule has 0 saturated heterocycles. The van der Waals surface area contributed by atoms with E-state index in [-0.39, 0.29) is 30.6 Å². The maximum absolute atomic E-state index is 12.1. The maximum atomic E-state index is 12.1. The van der Waals surface area contributed by atoms with Gasteiger partial charge in [-0.15, -0.1) is 0 Å². The first-order valence-electron chi connectivity index (χ1n) is 7.00. The molecule has 22 heavy (non-hydrogen) atoms. The zero-order chi connectivity index (χ0) is 16.1. The summed E-state index contributed by atoms with van der Waals surface area (Å²) in [7, 11) is 0. The number of aliphatic carboxylic acids is 1. The van der Waals surface area contributed by atoms with Crippen LogP contribution in [0.2, 0.25) is 0 Å². The largest absolute Gasteiger partial charge is 0.481 e. The predicted molar refractivity (Wildman–Crippen MR) is 78.4 cm³/mol. The molecule has 0 aromatic carbocycles. The number of carbonyl (C=O) groups excluding carboxylic acids is 1. The van der Waals surface area contributed by atoms with Crippen molar-refractivity contribution in [2.45, 2.75) is 39.4 Å². The number of nitrogens with zero attached hydrogens (tertiary/aromatic N) is 4. The Bertz CT molecular complexity index is 661. The number of hydrogen-bond donors (Lipinski definition) is 2. The predicted octanol–water partition coefficient (Wildman–Crippen LogP) is 0.681. The van der Waals surface area contributed by atoms with Gasteiger partial charge >= 0.3 is 5.97 Å². The van der Waals surface area contributed by atoms with Crippen molar-refractivity contribution < 1.29 is 14.7 Å². The Hall–Kier alpha value is -2.64. The molecule has 0 radical (unpaired) electrons. The minimum atomic E-state index is -0.898. The standard InChI is InChI=1S/C14H19N5O3/c1-10-3-6-19(16-10)9-11(2)15-14(22)12-4-7-18(17-12)8-5-13(20)21/h3-4,6-7,11H,5,8-9H2,1-2H3,(H,15,22)(H,20,21). The molecule has 2 aromatic rings. The fourth-order valence-electron chi connectivity index (χ4n) is 2.01. The van der Waals surface area contributed by atoms with Crippen molar-refractivity contribution in [1.82, 2.24) is 24.9 Å². The van der Waals surface area contributed by atoms with Crippen LogP contribution in [0.5, 0.6) is 0 Å². The van der Waals surface area contributed by atoms with Crippen molar-refractivity contribution in [3.8, 4) is 0 Å². The molecule has 0 saturated carbocycles. The van der Waals surface area contributed by atoms with E-state index in [1.165, 1.54) is 4.68 Å². The van der Waals surface area contributed by atoms with E-state index >= 15 is 0 Å². The quantitative estimate of drug-likeness (QED) is 0.783. The second-order valence-electron chi connectivity index (χ2n) is 5.16. The van der Waals surface area contributed by atoms with E-state index in [1.807, 2.05) is 26.1 Å². The molecule has 0 aliphatic carbocycles. The lowest BCUT2D eigenvalue weighted by atomic mass is 10.3. The first kappa shape index (κ1) is 15.7. The number of amides is 1.